The van der Waals surface area contributed by atoms with Gasteiger partial charge in [0, 0.05) is 5.57 Å². The van der Waals surface area contributed by atoms with Gasteiger partial charge in [-0.25, -0.2) is 4.79 Å². The van der Waals surface area contributed by atoms with Gasteiger partial charge < -0.3 is 5.11 Å². The fourth-order valence-electron chi connectivity index (χ4n) is 2.44. The minimum absolute atomic E-state index is 0.176. The van der Waals surface area contributed by atoms with Crippen molar-refractivity contribution in [3.05, 3.63) is 12.2 Å². The molecule has 1 N–H and O–H groups in total. The van der Waals surface area contributed by atoms with Gasteiger partial charge in [-0.2, -0.15) is 0 Å². The third-order valence-corrected chi connectivity index (χ3v) is 4.07. The molecule has 0 radical (unpaired) electrons. The van der Waals surface area contributed by atoms with E-state index in [2.05, 4.69) is 20.4 Å². The van der Waals surface area contributed by atoms with E-state index in [1.807, 2.05) is 0 Å². The molecule has 2 nitrogen and oxygen atoms in total. The zero-order valence-corrected chi connectivity index (χ0v) is 16.2. The van der Waals surface area contributed by atoms with Gasteiger partial charge in [-0.3, -0.25) is 0 Å². The Morgan fingerprint density at radius 1 is 0.652 bits per heavy atom. The van der Waals surface area contributed by atoms with Gasteiger partial charge in [0.15, 0.2) is 0 Å². The number of rotatable bonds is 15. The number of carboxylic acids is 1. The zero-order valence-electron chi connectivity index (χ0n) is 16.2. The lowest BCUT2D eigenvalue weighted by atomic mass is 10.0. The molecule has 0 aromatic carbocycles. The number of carboxylic acid groups (broad SMARTS) is 1. The highest BCUT2D eigenvalue weighted by Gasteiger charge is 1.93. The molecule has 0 saturated heterocycles. The Bertz CT molecular complexity index is 233. The summed E-state index contributed by atoms with van der Waals surface area (Å²) >= 11 is 0. The predicted molar refractivity (Wildman–Crippen MR) is 103 cm³/mol. The first-order valence-corrected chi connectivity index (χ1v) is 9.95. The second kappa shape index (κ2) is 21.2. The highest BCUT2D eigenvalue weighted by Crippen LogP contribution is 2.13. The average Bonchev–Trinajstić information content (AvgIpc) is 2.52. The van der Waals surface area contributed by atoms with E-state index in [9.17, 15) is 4.79 Å². The second-order valence-corrected chi connectivity index (χ2v) is 6.68. The average molecular weight is 327 g/mol. The summed E-state index contributed by atoms with van der Waals surface area (Å²) < 4.78 is 0. The molecule has 0 atom stereocenters. The van der Waals surface area contributed by atoms with Gasteiger partial charge in [-0.15, -0.1) is 0 Å². The van der Waals surface area contributed by atoms with Gasteiger partial charge in [0.1, 0.15) is 0 Å². The van der Waals surface area contributed by atoms with Gasteiger partial charge in [0.25, 0.3) is 0 Å². The Balaban J connectivity index is 0. The van der Waals surface area contributed by atoms with E-state index < -0.39 is 5.97 Å². The van der Waals surface area contributed by atoms with Crippen LogP contribution in [-0.4, -0.2) is 11.1 Å². The van der Waals surface area contributed by atoms with Crippen LogP contribution in [0.1, 0.15) is 117 Å². The second-order valence-electron chi connectivity index (χ2n) is 6.68. The van der Waals surface area contributed by atoms with Gasteiger partial charge in [-0.05, 0) is 6.92 Å². The lowest BCUT2D eigenvalue weighted by molar-refractivity contribution is -0.132. The molecule has 0 bridgehead atoms. The summed E-state index contributed by atoms with van der Waals surface area (Å²) in [5.41, 5.74) is 0.176. The molecular weight excluding hydrogens is 284 g/mol. The molecule has 0 aromatic heterocycles. The summed E-state index contributed by atoms with van der Waals surface area (Å²) in [6.07, 6.45) is 21.9. The largest absolute Gasteiger partial charge is 0.478 e. The Labute approximate surface area is 145 Å². The molecule has 0 fully saturated rings. The topological polar surface area (TPSA) is 37.3 Å². The molecule has 0 amide bonds. The molecule has 0 heterocycles. The van der Waals surface area contributed by atoms with Crippen molar-refractivity contribution in [1.29, 1.82) is 0 Å². The molecule has 0 rings (SSSR count). The van der Waals surface area contributed by atoms with Gasteiger partial charge in [0.2, 0.25) is 0 Å². The standard InChI is InChI=1S/C17H36.C4H6O2/c1-3-5-7-9-11-13-15-17-16-14-12-10-8-6-4-2;1-3(2)4(5)6/h3-17H2,1-2H3;1H2,2H3,(H,5,6). The van der Waals surface area contributed by atoms with Crippen LogP contribution in [0.15, 0.2) is 12.2 Å². The fourth-order valence-corrected chi connectivity index (χ4v) is 2.44. The molecule has 0 aliphatic carbocycles. The molecule has 0 aromatic rings. The number of unbranched alkanes of at least 4 members (excludes halogenated alkanes) is 14. The fraction of sp³-hybridized carbons (Fsp3) is 0.857. The predicted octanol–water partition coefficient (Wildman–Crippen LogP) is 7.52. The lowest BCUT2D eigenvalue weighted by Crippen LogP contribution is -1.92. The molecule has 0 spiro atoms. The summed E-state index contributed by atoms with van der Waals surface area (Å²) in [4.78, 5) is 9.60. The van der Waals surface area contributed by atoms with Crippen molar-refractivity contribution in [3.63, 3.8) is 0 Å². The Morgan fingerprint density at radius 2 is 0.826 bits per heavy atom. The third-order valence-electron chi connectivity index (χ3n) is 4.07. The van der Waals surface area contributed by atoms with Crippen LogP contribution < -0.4 is 0 Å². The summed E-state index contributed by atoms with van der Waals surface area (Å²) in [6, 6.07) is 0. The lowest BCUT2D eigenvalue weighted by Gasteiger charge is -2.02. The van der Waals surface area contributed by atoms with Crippen molar-refractivity contribution < 1.29 is 9.90 Å². The van der Waals surface area contributed by atoms with Crippen LogP contribution in [0.3, 0.4) is 0 Å². The highest BCUT2D eigenvalue weighted by molar-refractivity contribution is 5.84. The SMILES string of the molecule is C=C(C)C(=O)O.CCCCCCCCCCCCCCCCC. The number of aliphatic carboxylic acids is 1. The van der Waals surface area contributed by atoms with Crippen LogP contribution >= 0.6 is 0 Å². The zero-order chi connectivity index (χ0) is 17.8. The summed E-state index contributed by atoms with van der Waals surface area (Å²) in [5.74, 6) is -0.935. The molecule has 23 heavy (non-hydrogen) atoms. The minimum Gasteiger partial charge on any atom is -0.478 e. The van der Waals surface area contributed by atoms with Crippen molar-refractivity contribution in [2.24, 2.45) is 0 Å². The quantitative estimate of drug-likeness (QED) is 0.249. The van der Waals surface area contributed by atoms with Crippen LogP contribution in [0.5, 0.6) is 0 Å². The van der Waals surface area contributed by atoms with Crippen molar-refractivity contribution in [2.75, 3.05) is 0 Å². The summed E-state index contributed by atoms with van der Waals surface area (Å²) in [6.45, 7) is 9.19. The Morgan fingerprint density at radius 3 is 0.957 bits per heavy atom. The number of hydrogen-bond acceptors (Lipinski definition) is 1. The molecule has 0 aliphatic rings. The first-order valence-electron chi connectivity index (χ1n) is 9.95. The van der Waals surface area contributed by atoms with Crippen LogP contribution in [0.4, 0.5) is 0 Å². The molecule has 0 unspecified atom stereocenters. The number of hydrogen-bond donors (Lipinski definition) is 1. The van der Waals surface area contributed by atoms with Crippen molar-refractivity contribution >= 4 is 5.97 Å². The monoisotopic (exact) mass is 326 g/mol. The molecular formula is C21H42O2. The van der Waals surface area contributed by atoms with Crippen LogP contribution in [0.2, 0.25) is 0 Å². The van der Waals surface area contributed by atoms with Crippen LogP contribution in [0, 0.1) is 0 Å². The van der Waals surface area contributed by atoms with Gasteiger partial charge in [-0.1, -0.05) is 117 Å². The van der Waals surface area contributed by atoms with Crippen molar-refractivity contribution in [1.82, 2.24) is 0 Å². The van der Waals surface area contributed by atoms with E-state index in [4.69, 9.17) is 5.11 Å². The van der Waals surface area contributed by atoms with E-state index in [1.54, 1.807) is 0 Å². The summed E-state index contributed by atoms with van der Waals surface area (Å²) in [5, 5.41) is 7.89. The van der Waals surface area contributed by atoms with Gasteiger partial charge >= 0.3 is 5.97 Å². The number of carbonyl (C=O) groups is 1. The Kier molecular flexibility index (Phi) is 22.6. The van der Waals surface area contributed by atoms with Crippen molar-refractivity contribution in [3.8, 4) is 0 Å². The van der Waals surface area contributed by atoms with Crippen molar-refractivity contribution in [2.45, 2.75) is 117 Å². The summed E-state index contributed by atoms with van der Waals surface area (Å²) in [7, 11) is 0. The maximum atomic E-state index is 9.60. The first kappa shape index (κ1) is 24.5. The van der Waals surface area contributed by atoms with Crippen LogP contribution in [-0.2, 0) is 4.79 Å². The van der Waals surface area contributed by atoms with E-state index in [0.29, 0.717) is 0 Å². The van der Waals surface area contributed by atoms with Gasteiger partial charge in [0.05, 0.1) is 0 Å². The molecule has 0 aliphatic heterocycles. The minimum atomic E-state index is -0.935. The van der Waals surface area contributed by atoms with E-state index in [-0.39, 0.29) is 5.57 Å². The van der Waals surface area contributed by atoms with E-state index >= 15 is 0 Å². The maximum Gasteiger partial charge on any atom is 0.330 e. The smallest absolute Gasteiger partial charge is 0.330 e. The van der Waals surface area contributed by atoms with Crippen LogP contribution in [0.25, 0.3) is 0 Å². The van der Waals surface area contributed by atoms with E-state index in [0.717, 1.165) is 0 Å². The molecule has 2 heteroatoms. The maximum absolute atomic E-state index is 9.60. The molecule has 138 valence electrons. The Hall–Kier alpha value is -0.790. The third kappa shape index (κ3) is 26.4. The molecule has 0 saturated carbocycles. The first-order chi connectivity index (χ1) is 11.1. The van der Waals surface area contributed by atoms with E-state index in [1.165, 1.54) is 103 Å². The normalized spacial score (nSPS) is 10.0. The highest BCUT2D eigenvalue weighted by atomic mass is 16.4.